The number of fused-ring (bicyclic) bond motifs is 1. The third kappa shape index (κ3) is 2.90. The van der Waals surface area contributed by atoms with Gasteiger partial charge in [0.15, 0.2) is 0 Å². The average molecular weight is 278 g/mol. The van der Waals surface area contributed by atoms with Crippen molar-refractivity contribution in [1.82, 2.24) is 20.4 Å². The van der Waals surface area contributed by atoms with Crippen molar-refractivity contribution in [3.05, 3.63) is 17.5 Å². The summed E-state index contributed by atoms with van der Waals surface area (Å²) in [6.07, 6.45) is 5.60. The minimum absolute atomic E-state index is 0.160. The van der Waals surface area contributed by atoms with E-state index in [1.165, 1.54) is 24.1 Å². The molecule has 112 valence electrons. The predicted octanol–water partition coefficient (Wildman–Crippen LogP) is 1.49. The van der Waals surface area contributed by atoms with Crippen LogP contribution in [-0.2, 0) is 11.2 Å². The van der Waals surface area contributed by atoms with Gasteiger partial charge in [-0.15, -0.1) is 0 Å². The van der Waals surface area contributed by atoms with Gasteiger partial charge in [0.2, 0.25) is 0 Å². The fraction of sp³-hybridized carbons (Fsp3) is 0.800. The SMILES string of the molecule is CC1(C)COCCN1CCNC1CCCc2[nH]ncc21. The van der Waals surface area contributed by atoms with E-state index in [4.69, 9.17) is 4.74 Å². The zero-order chi connectivity index (χ0) is 14.0. The first-order valence-corrected chi connectivity index (χ1v) is 7.75. The van der Waals surface area contributed by atoms with Gasteiger partial charge < -0.3 is 10.1 Å². The van der Waals surface area contributed by atoms with E-state index in [2.05, 4.69) is 34.3 Å². The lowest BCUT2D eigenvalue weighted by Crippen LogP contribution is -2.54. The molecular formula is C15H26N4O. The van der Waals surface area contributed by atoms with Gasteiger partial charge in [0.25, 0.3) is 0 Å². The minimum atomic E-state index is 0.160. The van der Waals surface area contributed by atoms with Gasteiger partial charge in [-0.05, 0) is 33.1 Å². The van der Waals surface area contributed by atoms with Crippen molar-refractivity contribution in [2.24, 2.45) is 0 Å². The highest BCUT2D eigenvalue weighted by molar-refractivity contribution is 5.23. The summed E-state index contributed by atoms with van der Waals surface area (Å²) >= 11 is 0. The zero-order valence-corrected chi connectivity index (χ0v) is 12.6. The maximum atomic E-state index is 5.57. The molecule has 0 spiro atoms. The van der Waals surface area contributed by atoms with Crippen LogP contribution in [0.3, 0.4) is 0 Å². The van der Waals surface area contributed by atoms with Gasteiger partial charge in [0.1, 0.15) is 0 Å². The molecule has 3 rings (SSSR count). The molecule has 0 amide bonds. The van der Waals surface area contributed by atoms with Gasteiger partial charge in [-0.3, -0.25) is 10.00 Å². The van der Waals surface area contributed by atoms with E-state index in [9.17, 15) is 0 Å². The number of ether oxygens (including phenoxy) is 1. The van der Waals surface area contributed by atoms with Crippen LogP contribution in [0.25, 0.3) is 0 Å². The van der Waals surface area contributed by atoms with Crippen LogP contribution in [0.4, 0.5) is 0 Å². The third-order valence-corrected chi connectivity index (χ3v) is 4.64. The number of nitrogens with one attached hydrogen (secondary N) is 2. The molecule has 0 radical (unpaired) electrons. The second-order valence-electron chi connectivity index (χ2n) is 6.55. The smallest absolute Gasteiger partial charge is 0.0645 e. The molecule has 1 aromatic rings. The van der Waals surface area contributed by atoms with Crippen molar-refractivity contribution in [2.45, 2.75) is 44.7 Å². The first-order valence-electron chi connectivity index (χ1n) is 7.75. The molecule has 1 fully saturated rings. The molecule has 2 aliphatic rings. The average Bonchev–Trinajstić information content (AvgIpc) is 2.89. The maximum Gasteiger partial charge on any atom is 0.0645 e. The number of nitrogens with zero attached hydrogens (tertiary/aromatic N) is 2. The summed E-state index contributed by atoms with van der Waals surface area (Å²) < 4.78 is 5.57. The minimum Gasteiger partial charge on any atom is -0.378 e. The second-order valence-corrected chi connectivity index (χ2v) is 6.55. The van der Waals surface area contributed by atoms with Gasteiger partial charge in [-0.2, -0.15) is 5.10 Å². The molecule has 1 aliphatic carbocycles. The monoisotopic (exact) mass is 278 g/mol. The van der Waals surface area contributed by atoms with Crippen molar-refractivity contribution in [3.63, 3.8) is 0 Å². The summed E-state index contributed by atoms with van der Waals surface area (Å²) in [5.41, 5.74) is 2.85. The summed E-state index contributed by atoms with van der Waals surface area (Å²) in [5.74, 6) is 0. The lowest BCUT2D eigenvalue weighted by molar-refractivity contribution is -0.0502. The Kier molecular flexibility index (Phi) is 4.10. The van der Waals surface area contributed by atoms with E-state index >= 15 is 0 Å². The molecule has 0 saturated carbocycles. The molecule has 1 aromatic heterocycles. The summed E-state index contributed by atoms with van der Waals surface area (Å²) in [6.45, 7) is 9.37. The zero-order valence-electron chi connectivity index (χ0n) is 12.6. The van der Waals surface area contributed by atoms with Crippen molar-refractivity contribution in [1.29, 1.82) is 0 Å². The maximum absolute atomic E-state index is 5.57. The largest absolute Gasteiger partial charge is 0.378 e. The fourth-order valence-corrected chi connectivity index (χ4v) is 3.35. The van der Waals surface area contributed by atoms with Crippen LogP contribution < -0.4 is 5.32 Å². The Morgan fingerprint density at radius 2 is 2.45 bits per heavy atom. The van der Waals surface area contributed by atoms with Crippen molar-refractivity contribution >= 4 is 0 Å². The van der Waals surface area contributed by atoms with Crippen molar-refractivity contribution in [3.8, 4) is 0 Å². The molecule has 5 nitrogen and oxygen atoms in total. The van der Waals surface area contributed by atoms with Crippen LogP contribution in [0.5, 0.6) is 0 Å². The number of aromatic nitrogens is 2. The predicted molar refractivity (Wildman–Crippen MR) is 78.7 cm³/mol. The summed E-state index contributed by atoms with van der Waals surface area (Å²) in [7, 11) is 0. The van der Waals surface area contributed by atoms with E-state index in [1.54, 1.807) is 0 Å². The molecule has 2 N–H and O–H groups in total. The van der Waals surface area contributed by atoms with E-state index in [0.717, 1.165) is 39.3 Å². The summed E-state index contributed by atoms with van der Waals surface area (Å²) in [4.78, 5) is 2.53. The molecule has 1 unspecified atom stereocenters. The number of rotatable bonds is 4. The van der Waals surface area contributed by atoms with E-state index in [-0.39, 0.29) is 5.54 Å². The van der Waals surface area contributed by atoms with Crippen LogP contribution in [0.15, 0.2) is 6.20 Å². The lowest BCUT2D eigenvalue weighted by atomic mass is 9.93. The Labute approximate surface area is 121 Å². The highest BCUT2D eigenvalue weighted by Gasteiger charge is 2.30. The normalized spacial score (nSPS) is 26.4. The van der Waals surface area contributed by atoms with Gasteiger partial charge >= 0.3 is 0 Å². The first-order chi connectivity index (χ1) is 9.67. The Morgan fingerprint density at radius 1 is 1.55 bits per heavy atom. The van der Waals surface area contributed by atoms with E-state index < -0.39 is 0 Å². The Hall–Kier alpha value is -0.910. The van der Waals surface area contributed by atoms with Crippen LogP contribution in [0.1, 0.15) is 44.0 Å². The van der Waals surface area contributed by atoms with E-state index in [0.29, 0.717) is 6.04 Å². The van der Waals surface area contributed by atoms with Crippen molar-refractivity contribution < 1.29 is 4.74 Å². The third-order valence-electron chi connectivity index (χ3n) is 4.64. The summed E-state index contributed by atoms with van der Waals surface area (Å²) in [5, 5.41) is 11.0. The molecule has 0 aromatic carbocycles. The second kappa shape index (κ2) is 5.84. The number of H-pyrrole nitrogens is 1. The molecule has 1 aliphatic heterocycles. The van der Waals surface area contributed by atoms with Crippen LogP contribution >= 0.6 is 0 Å². The molecule has 2 heterocycles. The Balaban J connectivity index is 1.51. The van der Waals surface area contributed by atoms with Crippen LogP contribution in [-0.4, -0.2) is 53.5 Å². The Bertz CT molecular complexity index is 443. The highest BCUT2D eigenvalue weighted by Crippen LogP contribution is 2.27. The number of aryl methyl sites for hydroxylation is 1. The molecule has 5 heteroatoms. The fourth-order valence-electron chi connectivity index (χ4n) is 3.35. The topological polar surface area (TPSA) is 53.2 Å². The number of hydrogen-bond acceptors (Lipinski definition) is 4. The van der Waals surface area contributed by atoms with Gasteiger partial charge in [-0.1, -0.05) is 0 Å². The molecule has 20 heavy (non-hydrogen) atoms. The molecule has 1 atom stereocenters. The lowest BCUT2D eigenvalue weighted by Gasteiger charge is -2.42. The molecular weight excluding hydrogens is 252 g/mol. The number of aromatic amines is 1. The Morgan fingerprint density at radius 3 is 3.30 bits per heavy atom. The van der Waals surface area contributed by atoms with Gasteiger partial charge in [-0.25, -0.2) is 0 Å². The molecule has 0 bridgehead atoms. The summed E-state index contributed by atoms with van der Waals surface area (Å²) in [6, 6.07) is 0.474. The standard InChI is InChI=1S/C15H26N4O/c1-15(2)11-20-9-8-19(15)7-6-16-13-4-3-5-14-12(13)10-17-18-14/h10,13,16H,3-9,11H2,1-2H3,(H,17,18). The van der Waals surface area contributed by atoms with E-state index in [1.807, 2.05) is 6.20 Å². The number of hydrogen-bond donors (Lipinski definition) is 2. The van der Waals surface area contributed by atoms with Gasteiger partial charge in [0.05, 0.1) is 19.4 Å². The molecule has 1 saturated heterocycles. The highest BCUT2D eigenvalue weighted by atomic mass is 16.5. The number of morpholine rings is 1. The van der Waals surface area contributed by atoms with Crippen LogP contribution in [0, 0.1) is 0 Å². The quantitative estimate of drug-likeness (QED) is 0.876. The van der Waals surface area contributed by atoms with Crippen molar-refractivity contribution in [2.75, 3.05) is 32.8 Å². The first kappa shape index (κ1) is 14.0. The van der Waals surface area contributed by atoms with Crippen LogP contribution in [0.2, 0.25) is 0 Å². The van der Waals surface area contributed by atoms with Gasteiger partial charge in [0, 0.05) is 42.5 Å².